The molecule has 0 radical (unpaired) electrons. The first kappa shape index (κ1) is 8.16. The highest BCUT2D eigenvalue weighted by Gasteiger charge is 2.41. The largest absolute Gasteiger partial charge is 0.360 e. The number of hydrogen-bond acceptors (Lipinski definition) is 2. The molecule has 0 amide bonds. The lowest BCUT2D eigenvalue weighted by Gasteiger charge is -2.19. The number of nitrogens with zero attached hydrogens (tertiary/aromatic N) is 1. The molecule has 0 saturated carbocycles. The molecule has 1 aliphatic carbocycles. The fourth-order valence-corrected chi connectivity index (χ4v) is 2.01. The molecule has 2 nitrogen and oxygen atoms in total. The third kappa shape index (κ3) is 1.07. The Kier molecular flexibility index (Phi) is 1.71. The van der Waals surface area contributed by atoms with Crippen LogP contribution in [0.4, 0.5) is 8.78 Å². The fraction of sp³-hybridized carbons (Fsp3) is 0.571. The topological polar surface area (TPSA) is 26.0 Å². The molecule has 0 N–H and O–H groups in total. The van der Waals surface area contributed by atoms with Crippen LogP contribution in [-0.4, -0.2) is 5.16 Å². The molecule has 12 heavy (non-hydrogen) atoms. The van der Waals surface area contributed by atoms with Gasteiger partial charge < -0.3 is 4.52 Å². The lowest BCUT2D eigenvalue weighted by molar-refractivity contribution is -0.0242. The Balaban J connectivity index is 2.56. The second kappa shape index (κ2) is 2.52. The first-order valence-corrected chi connectivity index (χ1v) is 4.43. The summed E-state index contributed by atoms with van der Waals surface area (Å²) in [5.41, 5.74) is -0.0613. The van der Waals surface area contributed by atoms with Crippen LogP contribution in [0.2, 0.25) is 0 Å². The highest BCUT2D eigenvalue weighted by atomic mass is 79.9. The van der Waals surface area contributed by atoms with E-state index in [0.29, 0.717) is 18.6 Å². The molecule has 0 atom stereocenters. The molecule has 2 rings (SSSR count). The summed E-state index contributed by atoms with van der Waals surface area (Å²) in [7, 11) is 0. The van der Waals surface area contributed by atoms with E-state index in [4.69, 9.17) is 4.52 Å². The van der Waals surface area contributed by atoms with Crippen LogP contribution in [0, 0.1) is 0 Å². The molecule has 0 aliphatic heterocycles. The number of alkyl halides is 2. The van der Waals surface area contributed by atoms with Gasteiger partial charge in [0.2, 0.25) is 0 Å². The Labute approximate surface area is 76.0 Å². The third-order valence-electron chi connectivity index (χ3n) is 1.98. The van der Waals surface area contributed by atoms with Crippen molar-refractivity contribution in [3.05, 3.63) is 15.9 Å². The fourth-order valence-electron chi connectivity index (χ4n) is 1.42. The average molecular weight is 238 g/mol. The van der Waals surface area contributed by atoms with E-state index in [1.807, 2.05) is 0 Å². The maximum atomic E-state index is 13.2. The molecule has 1 heterocycles. The number of rotatable bonds is 0. The van der Waals surface area contributed by atoms with Crippen LogP contribution in [0.25, 0.3) is 0 Å². The van der Waals surface area contributed by atoms with Gasteiger partial charge in [-0.1, -0.05) is 5.16 Å². The Morgan fingerprint density at radius 2 is 2.25 bits per heavy atom. The first-order chi connectivity index (χ1) is 5.61. The number of halogens is 3. The van der Waals surface area contributed by atoms with Crippen molar-refractivity contribution in [1.82, 2.24) is 5.16 Å². The average Bonchev–Trinajstić information content (AvgIpc) is 2.32. The van der Waals surface area contributed by atoms with E-state index in [9.17, 15) is 8.78 Å². The maximum Gasteiger partial charge on any atom is 0.279 e. The highest BCUT2D eigenvalue weighted by molar-refractivity contribution is 9.10. The number of aryl methyl sites for hydroxylation is 1. The quantitative estimate of drug-likeness (QED) is 0.694. The van der Waals surface area contributed by atoms with Gasteiger partial charge >= 0.3 is 0 Å². The highest BCUT2D eigenvalue weighted by Crippen LogP contribution is 2.43. The van der Waals surface area contributed by atoms with Crippen LogP contribution in [-0.2, 0) is 12.3 Å². The minimum Gasteiger partial charge on any atom is -0.360 e. The van der Waals surface area contributed by atoms with Crippen LogP contribution >= 0.6 is 15.9 Å². The van der Waals surface area contributed by atoms with Crippen molar-refractivity contribution >= 4 is 15.9 Å². The van der Waals surface area contributed by atoms with Crippen molar-refractivity contribution in [2.75, 3.05) is 0 Å². The molecule has 1 aromatic heterocycles. The molecule has 0 fully saturated rings. The molecule has 0 spiro atoms. The van der Waals surface area contributed by atoms with E-state index in [2.05, 4.69) is 21.1 Å². The standard InChI is InChI=1S/C7H6BrF2NO/c8-6-5-4(12-11-6)2-1-3-7(5,9)10/h1-3H2. The van der Waals surface area contributed by atoms with E-state index in [1.165, 1.54) is 0 Å². The SMILES string of the molecule is FC1(F)CCCc2onc(Br)c21. The van der Waals surface area contributed by atoms with E-state index < -0.39 is 5.92 Å². The minimum atomic E-state index is -2.77. The number of aromatic nitrogens is 1. The minimum absolute atomic E-state index is 0.0613. The molecule has 1 aromatic rings. The van der Waals surface area contributed by atoms with Gasteiger partial charge in [-0.05, 0) is 22.4 Å². The van der Waals surface area contributed by atoms with Gasteiger partial charge in [0.25, 0.3) is 5.92 Å². The van der Waals surface area contributed by atoms with Crippen molar-refractivity contribution < 1.29 is 13.3 Å². The Hall–Kier alpha value is -0.450. The zero-order chi connectivity index (χ0) is 8.77. The second-order valence-corrected chi connectivity index (χ2v) is 3.58. The predicted octanol–water partition coefficient (Wildman–Crippen LogP) is 2.87. The van der Waals surface area contributed by atoms with Crippen molar-refractivity contribution in [1.29, 1.82) is 0 Å². The van der Waals surface area contributed by atoms with Gasteiger partial charge in [-0.2, -0.15) is 0 Å². The van der Waals surface area contributed by atoms with Gasteiger partial charge in [0.1, 0.15) is 5.76 Å². The number of fused-ring (bicyclic) bond motifs is 1. The molecule has 0 bridgehead atoms. The molecule has 0 unspecified atom stereocenters. The first-order valence-electron chi connectivity index (χ1n) is 3.63. The van der Waals surface area contributed by atoms with Gasteiger partial charge in [0.05, 0.1) is 5.56 Å². The summed E-state index contributed by atoms with van der Waals surface area (Å²) in [6, 6.07) is 0. The molecule has 1 aliphatic rings. The van der Waals surface area contributed by atoms with Crippen molar-refractivity contribution in [3.63, 3.8) is 0 Å². The Morgan fingerprint density at radius 1 is 1.50 bits per heavy atom. The zero-order valence-electron chi connectivity index (χ0n) is 6.11. The van der Waals surface area contributed by atoms with Crippen molar-refractivity contribution in [2.24, 2.45) is 0 Å². The van der Waals surface area contributed by atoms with E-state index >= 15 is 0 Å². The summed E-state index contributed by atoms with van der Waals surface area (Å²) in [6.45, 7) is 0. The van der Waals surface area contributed by atoms with Crippen LogP contribution in [0.15, 0.2) is 9.13 Å². The second-order valence-electron chi connectivity index (χ2n) is 2.83. The summed E-state index contributed by atoms with van der Waals surface area (Å²) in [4.78, 5) is 0. The predicted molar refractivity (Wildman–Crippen MR) is 41.0 cm³/mol. The summed E-state index contributed by atoms with van der Waals surface area (Å²) in [5, 5.41) is 3.46. The van der Waals surface area contributed by atoms with E-state index in [1.54, 1.807) is 0 Å². The van der Waals surface area contributed by atoms with Crippen molar-refractivity contribution in [2.45, 2.75) is 25.2 Å². The van der Waals surface area contributed by atoms with Crippen LogP contribution < -0.4 is 0 Å². The van der Waals surface area contributed by atoms with Crippen LogP contribution in [0.1, 0.15) is 24.2 Å². The lowest BCUT2D eigenvalue weighted by atomic mass is 9.95. The third-order valence-corrected chi connectivity index (χ3v) is 2.52. The lowest BCUT2D eigenvalue weighted by Crippen LogP contribution is -2.19. The maximum absolute atomic E-state index is 13.2. The Bertz CT molecular complexity index is 310. The van der Waals surface area contributed by atoms with Gasteiger partial charge in [0, 0.05) is 12.8 Å². The normalized spacial score (nSPS) is 20.6. The van der Waals surface area contributed by atoms with Crippen LogP contribution in [0.5, 0.6) is 0 Å². The molecule has 0 aromatic carbocycles. The van der Waals surface area contributed by atoms with E-state index in [-0.39, 0.29) is 16.6 Å². The molecular formula is C7H6BrF2NO. The molecular weight excluding hydrogens is 232 g/mol. The smallest absolute Gasteiger partial charge is 0.279 e. The summed E-state index contributed by atoms with van der Waals surface area (Å²) < 4.78 is 31.2. The summed E-state index contributed by atoms with van der Waals surface area (Å²) in [6.07, 6.45) is 0.908. The zero-order valence-corrected chi connectivity index (χ0v) is 7.70. The van der Waals surface area contributed by atoms with Gasteiger partial charge in [-0.3, -0.25) is 0 Å². The van der Waals surface area contributed by atoms with Gasteiger partial charge in [0.15, 0.2) is 4.60 Å². The monoisotopic (exact) mass is 237 g/mol. The molecule has 66 valence electrons. The number of hydrogen-bond donors (Lipinski definition) is 0. The van der Waals surface area contributed by atoms with Gasteiger partial charge in [-0.15, -0.1) is 0 Å². The summed E-state index contributed by atoms with van der Waals surface area (Å²) in [5.74, 6) is -2.45. The summed E-state index contributed by atoms with van der Waals surface area (Å²) >= 11 is 2.94. The Morgan fingerprint density at radius 3 is 2.92 bits per heavy atom. The molecule has 0 saturated heterocycles. The van der Waals surface area contributed by atoms with E-state index in [0.717, 1.165) is 0 Å². The van der Waals surface area contributed by atoms with Crippen LogP contribution in [0.3, 0.4) is 0 Å². The molecule has 5 heteroatoms. The van der Waals surface area contributed by atoms with Crippen molar-refractivity contribution in [3.8, 4) is 0 Å². The van der Waals surface area contributed by atoms with Gasteiger partial charge in [-0.25, -0.2) is 8.78 Å².